The lowest BCUT2D eigenvalue weighted by molar-refractivity contribution is 0.370. The average Bonchev–Trinajstić information content (AvgIpc) is 2.43. The lowest BCUT2D eigenvalue weighted by Gasteiger charge is -2.24. The number of sulfonamides is 1. The summed E-state index contributed by atoms with van der Waals surface area (Å²) in [5.41, 5.74) is 0.561. The first-order valence-corrected chi connectivity index (χ1v) is 9.05. The van der Waals surface area contributed by atoms with Crippen LogP contribution >= 0.6 is 23.2 Å². The Labute approximate surface area is 137 Å². The number of hydrogen-bond acceptors (Lipinski definition) is 3. The van der Waals surface area contributed by atoms with Crippen LogP contribution < -0.4 is 4.74 Å². The second kappa shape index (κ2) is 7.68. The van der Waals surface area contributed by atoms with Crippen molar-refractivity contribution < 1.29 is 13.2 Å². The van der Waals surface area contributed by atoms with Crippen molar-refractivity contribution in [3.05, 3.63) is 22.7 Å². The number of ether oxygens (including phenoxy) is 1. The zero-order chi connectivity index (χ0) is 16.2. The molecule has 0 aliphatic rings. The maximum absolute atomic E-state index is 12.8. The van der Waals surface area contributed by atoms with Crippen LogP contribution in [-0.4, -0.2) is 32.9 Å². The molecule has 1 aromatic rings. The number of methoxy groups -OCH3 is 1. The van der Waals surface area contributed by atoms with Gasteiger partial charge in [0.25, 0.3) is 0 Å². The Morgan fingerprint density at radius 1 is 1.33 bits per heavy atom. The highest BCUT2D eigenvalue weighted by Crippen LogP contribution is 2.34. The van der Waals surface area contributed by atoms with Gasteiger partial charge in [-0.25, -0.2) is 8.42 Å². The molecule has 0 fully saturated rings. The van der Waals surface area contributed by atoms with Crippen LogP contribution in [0.2, 0.25) is 5.02 Å². The van der Waals surface area contributed by atoms with Gasteiger partial charge in [0, 0.05) is 23.7 Å². The van der Waals surface area contributed by atoms with Gasteiger partial charge < -0.3 is 4.74 Å². The Morgan fingerprint density at radius 3 is 2.38 bits per heavy atom. The Balaban J connectivity index is 3.45. The molecule has 7 heteroatoms. The van der Waals surface area contributed by atoms with E-state index in [2.05, 4.69) is 0 Å². The van der Waals surface area contributed by atoms with Gasteiger partial charge in [0.05, 0.1) is 13.0 Å². The quantitative estimate of drug-likeness (QED) is 0.701. The lowest BCUT2D eigenvalue weighted by atomic mass is 10.2. The Kier molecular flexibility index (Phi) is 6.78. The van der Waals surface area contributed by atoms with Crippen LogP contribution in [0.25, 0.3) is 0 Å². The summed E-state index contributed by atoms with van der Waals surface area (Å²) in [6, 6.07) is 3.03. The van der Waals surface area contributed by atoms with Gasteiger partial charge in [-0.3, -0.25) is 0 Å². The van der Waals surface area contributed by atoms with E-state index in [0.717, 1.165) is 0 Å². The minimum atomic E-state index is -3.68. The molecule has 0 saturated heterocycles. The first-order valence-electron chi connectivity index (χ1n) is 6.70. The van der Waals surface area contributed by atoms with E-state index in [4.69, 9.17) is 27.9 Å². The van der Waals surface area contributed by atoms with E-state index in [1.165, 1.54) is 17.5 Å². The van der Waals surface area contributed by atoms with E-state index in [1.54, 1.807) is 13.0 Å². The molecule has 21 heavy (non-hydrogen) atoms. The van der Waals surface area contributed by atoms with E-state index in [0.29, 0.717) is 23.7 Å². The molecule has 0 bridgehead atoms. The largest absolute Gasteiger partial charge is 0.495 e. The van der Waals surface area contributed by atoms with Gasteiger partial charge in [0.15, 0.2) is 0 Å². The summed E-state index contributed by atoms with van der Waals surface area (Å²) in [6.07, 6.45) is 0. The highest BCUT2D eigenvalue weighted by molar-refractivity contribution is 7.89. The molecule has 0 heterocycles. The molecule has 0 saturated carbocycles. The van der Waals surface area contributed by atoms with Crippen LogP contribution in [0.3, 0.4) is 0 Å². The molecule has 0 amide bonds. The topological polar surface area (TPSA) is 46.6 Å². The van der Waals surface area contributed by atoms with Crippen LogP contribution in [0.15, 0.2) is 17.0 Å². The normalized spacial score (nSPS) is 12.2. The lowest BCUT2D eigenvalue weighted by Crippen LogP contribution is -2.34. The van der Waals surface area contributed by atoms with E-state index in [-0.39, 0.29) is 22.4 Å². The van der Waals surface area contributed by atoms with E-state index >= 15 is 0 Å². The maximum atomic E-state index is 12.8. The van der Waals surface area contributed by atoms with Crippen molar-refractivity contribution in [3.8, 4) is 5.75 Å². The van der Waals surface area contributed by atoms with Crippen molar-refractivity contribution in [2.24, 2.45) is 5.92 Å². The molecular weight excluding hydrogens is 333 g/mol. The van der Waals surface area contributed by atoms with Crippen LogP contribution in [0.4, 0.5) is 0 Å². The predicted octanol–water partition coefficient (Wildman–Crippen LogP) is 3.75. The molecular formula is C14H21Cl2NO3S. The molecule has 0 aliphatic carbocycles. The highest BCUT2D eigenvalue weighted by Gasteiger charge is 2.29. The summed E-state index contributed by atoms with van der Waals surface area (Å²) in [7, 11) is -2.25. The Morgan fingerprint density at radius 2 is 1.95 bits per heavy atom. The van der Waals surface area contributed by atoms with E-state index in [9.17, 15) is 8.42 Å². The maximum Gasteiger partial charge on any atom is 0.246 e. The van der Waals surface area contributed by atoms with Crippen LogP contribution in [-0.2, 0) is 15.9 Å². The van der Waals surface area contributed by atoms with Gasteiger partial charge in [-0.1, -0.05) is 32.4 Å². The number of halogens is 2. The second-order valence-electron chi connectivity index (χ2n) is 5.08. The number of alkyl halides is 1. The number of hydrogen-bond donors (Lipinski definition) is 0. The molecule has 1 rings (SSSR count). The van der Waals surface area contributed by atoms with Gasteiger partial charge in [-0.05, 0) is 18.1 Å². The Hall–Kier alpha value is -0.490. The summed E-state index contributed by atoms with van der Waals surface area (Å²) in [5.74, 6) is 0.608. The monoisotopic (exact) mass is 353 g/mol. The average molecular weight is 354 g/mol. The second-order valence-corrected chi connectivity index (χ2v) is 7.69. The summed E-state index contributed by atoms with van der Waals surface area (Å²) in [4.78, 5) is 0.0654. The molecule has 0 spiro atoms. The Bertz CT molecular complexity index is 588. The summed E-state index contributed by atoms with van der Waals surface area (Å²) < 4.78 is 32.4. The molecule has 0 aromatic heterocycles. The van der Waals surface area contributed by atoms with Crippen LogP contribution in [0.1, 0.15) is 26.3 Å². The van der Waals surface area contributed by atoms with Crippen molar-refractivity contribution in [1.82, 2.24) is 4.31 Å². The standard InChI is InChI=1S/C14H21Cl2NO3S/c1-5-17(9-10(2)3)21(18,19)13-7-12(16)6-11(8-15)14(13)20-4/h6-7,10H,5,8-9H2,1-4H3. The van der Waals surface area contributed by atoms with Gasteiger partial charge in [-0.15, -0.1) is 11.6 Å². The van der Waals surface area contributed by atoms with Crippen molar-refractivity contribution >= 4 is 33.2 Å². The molecule has 120 valence electrons. The van der Waals surface area contributed by atoms with E-state index < -0.39 is 10.0 Å². The fourth-order valence-corrected chi connectivity index (χ4v) is 4.43. The van der Waals surface area contributed by atoms with Crippen molar-refractivity contribution in [2.75, 3.05) is 20.2 Å². The van der Waals surface area contributed by atoms with Crippen LogP contribution in [0.5, 0.6) is 5.75 Å². The summed E-state index contributed by atoms with van der Waals surface area (Å²) >= 11 is 11.9. The zero-order valence-electron chi connectivity index (χ0n) is 12.7. The molecule has 0 aliphatic heterocycles. The molecule has 1 aromatic carbocycles. The number of benzene rings is 1. The molecule has 0 atom stereocenters. The third-order valence-corrected chi connectivity index (χ3v) is 5.44. The fraction of sp³-hybridized carbons (Fsp3) is 0.571. The van der Waals surface area contributed by atoms with Crippen molar-refractivity contribution in [2.45, 2.75) is 31.5 Å². The van der Waals surface area contributed by atoms with Gasteiger partial charge in [0.2, 0.25) is 10.0 Å². The first-order chi connectivity index (χ1) is 9.77. The SMILES string of the molecule is CCN(CC(C)C)S(=O)(=O)c1cc(Cl)cc(CCl)c1OC. The molecule has 4 nitrogen and oxygen atoms in total. The van der Waals surface area contributed by atoms with E-state index in [1.807, 2.05) is 13.8 Å². The van der Waals surface area contributed by atoms with Crippen molar-refractivity contribution in [3.63, 3.8) is 0 Å². The minimum Gasteiger partial charge on any atom is -0.495 e. The van der Waals surface area contributed by atoms with Gasteiger partial charge in [-0.2, -0.15) is 4.31 Å². The third-order valence-electron chi connectivity index (χ3n) is 2.98. The summed E-state index contributed by atoms with van der Waals surface area (Å²) in [5, 5.41) is 0.325. The number of nitrogens with zero attached hydrogens (tertiary/aromatic N) is 1. The number of rotatable bonds is 7. The molecule has 0 N–H and O–H groups in total. The zero-order valence-corrected chi connectivity index (χ0v) is 15.0. The van der Waals surface area contributed by atoms with Gasteiger partial charge in [0.1, 0.15) is 10.6 Å². The predicted molar refractivity (Wildman–Crippen MR) is 86.8 cm³/mol. The summed E-state index contributed by atoms with van der Waals surface area (Å²) in [6.45, 7) is 6.56. The van der Waals surface area contributed by atoms with Gasteiger partial charge >= 0.3 is 0 Å². The van der Waals surface area contributed by atoms with Crippen molar-refractivity contribution in [1.29, 1.82) is 0 Å². The molecule has 0 radical (unpaired) electrons. The minimum absolute atomic E-state index is 0.0654. The smallest absolute Gasteiger partial charge is 0.246 e. The third kappa shape index (κ3) is 4.25. The van der Waals surface area contributed by atoms with Crippen LogP contribution in [0, 0.1) is 5.92 Å². The first kappa shape index (κ1) is 18.6. The highest BCUT2D eigenvalue weighted by atomic mass is 35.5. The fourth-order valence-electron chi connectivity index (χ4n) is 2.09. The molecule has 0 unspecified atom stereocenters.